The van der Waals surface area contributed by atoms with Crippen molar-refractivity contribution in [1.82, 2.24) is 4.31 Å². The molecule has 2 aliphatic rings. The van der Waals surface area contributed by atoms with Gasteiger partial charge in [-0.15, -0.1) is 0 Å². The third-order valence-electron chi connectivity index (χ3n) is 4.47. The number of benzene rings is 1. The van der Waals surface area contributed by atoms with E-state index in [-0.39, 0.29) is 18.4 Å². The summed E-state index contributed by atoms with van der Waals surface area (Å²) in [6.45, 7) is 0.0201. The van der Waals surface area contributed by atoms with E-state index >= 15 is 0 Å². The first-order valence-corrected chi connectivity index (χ1v) is 8.42. The van der Waals surface area contributed by atoms with Gasteiger partial charge in [-0.25, -0.2) is 17.2 Å². The molecule has 9 heteroatoms. The summed E-state index contributed by atoms with van der Waals surface area (Å²) < 4.78 is 58.6. The first kappa shape index (κ1) is 16.1. The average Bonchev–Trinajstić information content (AvgIpc) is 3.07. The van der Waals surface area contributed by atoms with E-state index in [1.54, 1.807) is 0 Å². The average molecular weight is 347 g/mol. The summed E-state index contributed by atoms with van der Waals surface area (Å²) in [5.74, 6) is -4.04. The largest absolute Gasteiger partial charge is 0.495 e. The number of carboxylic acids is 1. The van der Waals surface area contributed by atoms with Gasteiger partial charge in [-0.3, -0.25) is 4.79 Å². The number of hydrogen-bond donors (Lipinski definition) is 1. The van der Waals surface area contributed by atoms with Crippen LogP contribution in [0.25, 0.3) is 0 Å². The van der Waals surface area contributed by atoms with E-state index in [1.165, 1.54) is 0 Å². The summed E-state index contributed by atoms with van der Waals surface area (Å²) >= 11 is 0. The Morgan fingerprint density at radius 2 is 2.04 bits per heavy atom. The molecular weight excluding hydrogens is 332 g/mol. The van der Waals surface area contributed by atoms with Crippen LogP contribution < -0.4 is 4.74 Å². The fraction of sp³-hybridized carbons (Fsp3) is 0.500. The summed E-state index contributed by atoms with van der Waals surface area (Å²) in [6, 6.07) is -0.0558. The molecular formula is C14H15F2NO5S. The SMILES string of the molecule is COc1cc(F)cc(F)c1S(=O)(=O)N1CC2(CC2)C[C@H]1C(=O)O. The molecule has 3 rings (SSSR count). The van der Waals surface area contributed by atoms with Gasteiger partial charge in [-0.05, 0) is 24.7 Å². The smallest absolute Gasteiger partial charge is 0.322 e. The molecule has 1 atom stereocenters. The van der Waals surface area contributed by atoms with Crippen LogP contribution in [0.5, 0.6) is 5.75 Å². The van der Waals surface area contributed by atoms with Crippen molar-refractivity contribution in [3.05, 3.63) is 23.8 Å². The Morgan fingerprint density at radius 1 is 1.39 bits per heavy atom. The zero-order chi connectivity index (χ0) is 17.0. The van der Waals surface area contributed by atoms with Crippen LogP contribution in [0, 0.1) is 17.0 Å². The van der Waals surface area contributed by atoms with Gasteiger partial charge in [0, 0.05) is 18.7 Å². The van der Waals surface area contributed by atoms with Gasteiger partial charge in [-0.1, -0.05) is 0 Å². The molecule has 1 spiro atoms. The lowest BCUT2D eigenvalue weighted by Gasteiger charge is -2.22. The molecule has 1 aromatic rings. The molecule has 126 valence electrons. The molecule has 1 heterocycles. The molecule has 0 radical (unpaired) electrons. The number of rotatable bonds is 4. The number of carbonyl (C=O) groups is 1. The standard InChI is InChI=1S/C14H15F2NO5S/c1-22-11-5-8(15)4-9(16)12(11)23(20,21)17-7-14(2-3-14)6-10(17)13(18)19/h4-5,10H,2-3,6-7H2,1H3,(H,18,19)/t10-/m0/s1. The highest BCUT2D eigenvalue weighted by molar-refractivity contribution is 7.89. The highest BCUT2D eigenvalue weighted by atomic mass is 32.2. The van der Waals surface area contributed by atoms with Gasteiger partial charge >= 0.3 is 5.97 Å². The van der Waals surface area contributed by atoms with Gasteiger partial charge < -0.3 is 9.84 Å². The van der Waals surface area contributed by atoms with Crippen LogP contribution in [0.4, 0.5) is 8.78 Å². The zero-order valence-corrected chi connectivity index (χ0v) is 13.1. The van der Waals surface area contributed by atoms with Crippen molar-refractivity contribution in [3.63, 3.8) is 0 Å². The van der Waals surface area contributed by atoms with Crippen LogP contribution in [0.1, 0.15) is 19.3 Å². The maximum atomic E-state index is 14.1. The van der Waals surface area contributed by atoms with E-state index in [9.17, 15) is 27.1 Å². The fourth-order valence-corrected chi connectivity index (χ4v) is 4.96. The Labute approximate surface area is 131 Å². The van der Waals surface area contributed by atoms with E-state index in [0.29, 0.717) is 6.07 Å². The predicted octanol–water partition coefficient (Wildman–Crippen LogP) is 1.60. The number of ether oxygens (including phenoxy) is 1. The van der Waals surface area contributed by atoms with Gasteiger partial charge in [0.25, 0.3) is 10.0 Å². The lowest BCUT2D eigenvalue weighted by molar-refractivity contribution is -0.140. The molecule has 1 aromatic carbocycles. The topological polar surface area (TPSA) is 83.9 Å². The van der Waals surface area contributed by atoms with Crippen molar-refractivity contribution in [3.8, 4) is 5.75 Å². The molecule has 1 saturated carbocycles. The van der Waals surface area contributed by atoms with Crippen molar-refractivity contribution < 1.29 is 31.8 Å². The van der Waals surface area contributed by atoms with Crippen molar-refractivity contribution in [2.45, 2.75) is 30.2 Å². The van der Waals surface area contributed by atoms with Crippen LogP contribution >= 0.6 is 0 Å². The third-order valence-corrected chi connectivity index (χ3v) is 6.38. The summed E-state index contributed by atoms with van der Waals surface area (Å²) in [7, 11) is -3.38. The molecule has 1 aliphatic carbocycles. The molecule has 2 fully saturated rings. The summed E-state index contributed by atoms with van der Waals surface area (Å²) in [6.07, 6.45) is 1.68. The number of methoxy groups -OCH3 is 1. The Hall–Kier alpha value is -1.74. The highest BCUT2D eigenvalue weighted by Gasteiger charge is 2.58. The number of halogens is 2. The number of carboxylic acid groups (broad SMARTS) is 1. The molecule has 0 bridgehead atoms. The van der Waals surface area contributed by atoms with Gasteiger partial charge in [0.05, 0.1) is 7.11 Å². The lowest BCUT2D eigenvalue weighted by atomic mass is 10.0. The number of sulfonamides is 1. The quantitative estimate of drug-likeness (QED) is 0.894. The minimum atomic E-state index is -4.47. The van der Waals surface area contributed by atoms with Crippen molar-refractivity contribution >= 4 is 16.0 Å². The van der Waals surface area contributed by atoms with Crippen LogP contribution in [0.3, 0.4) is 0 Å². The van der Waals surface area contributed by atoms with Gasteiger partial charge in [-0.2, -0.15) is 4.31 Å². The normalized spacial score (nSPS) is 23.2. The molecule has 0 aromatic heterocycles. The van der Waals surface area contributed by atoms with Crippen molar-refractivity contribution in [2.24, 2.45) is 5.41 Å². The Balaban J connectivity index is 2.10. The molecule has 0 amide bonds. The van der Waals surface area contributed by atoms with E-state index in [1.807, 2.05) is 0 Å². The number of hydrogen-bond acceptors (Lipinski definition) is 4. The molecule has 1 aliphatic heterocycles. The molecule has 1 saturated heterocycles. The Bertz CT molecular complexity index is 776. The van der Waals surface area contributed by atoms with Gasteiger partial charge in [0.2, 0.25) is 0 Å². The van der Waals surface area contributed by atoms with Crippen LogP contribution in [0.2, 0.25) is 0 Å². The molecule has 0 unspecified atom stereocenters. The first-order valence-electron chi connectivity index (χ1n) is 6.98. The van der Waals surface area contributed by atoms with Crippen LogP contribution in [0.15, 0.2) is 17.0 Å². The molecule has 1 N–H and O–H groups in total. The van der Waals surface area contributed by atoms with E-state index in [4.69, 9.17) is 4.74 Å². The second kappa shape index (κ2) is 5.13. The molecule has 23 heavy (non-hydrogen) atoms. The third kappa shape index (κ3) is 2.57. The molecule has 6 nitrogen and oxygen atoms in total. The lowest BCUT2D eigenvalue weighted by Crippen LogP contribution is -2.41. The van der Waals surface area contributed by atoms with Crippen LogP contribution in [-0.2, 0) is 14.8 Å². The summed E-state index contributed by atoms with van der Waals surface area (Å²) in [5.41, 5.74) is -0.333. The minimum absolute atomic E-state index is 0.0201. The zero-order valence-electron chi connectivity index (χ0n) is 12.3. The predicted molar refractivity (Wildman–Crippen MR) is 74.5 cm³/mol. The van der Waals surface area contributed by atoms with E-state index < -0.39 is 44.3 Å². The van der Waals surface area contributed by atoms with Gasteiger partial charge in [0.1, 0.15) is 23.4 Å². The van der Waals surface area contributed by atoms with E-state index in [0.717, 1.165) is 30.3 Å². The van der Waals surface area contributed by atoms with E-state index in [2.05, 4.69) is 0 Å². The van der Waals surface area contributed by atoms with Crippen LogP contribution in [-0.4, -0.2) is 43.5 Å². The first-order chi connectivity index (χ1) is 10.7. The van der Waals surface area contributed by atoms with Crippen molar-refractivity contribution in [2.75, 3.05) is 13.7 Å². The Kier molecular flexibility index (Phi) is 3.60. The fourth-order valence-electron chi connectivity index (χ4n) is 3.08. The second-order valence-corrected chi connectivity index (χ2v) is 7.85. The summed E-state index contributed by atoms with van der Waals surface area (Å²) in [4.78, 5) is 10.6. The highest BCUT2D eigenvalue weighted by Crippen LogP contribution is 2.56. The maximum Gasteiger partial charge on any atom is 0.322 e. The maximum absolute atomic E-state index is 14.1. The number of nitrogens with zero attached hydrogens (tertiary/aromatic N) is 1. The number of aliphatic carboxylic acids is 1. The summed E-state index contributed by atoms with van der Waals surface area (Å²) in [5, 5.41) is 9.30. The monoisotopic (exact) mass is 347 g/mol. The van der Waals surface area contributed by atoms with Crippen molar-refractivity contribution in [1.29, 1.82) is 0 Å². The minimum Gasteiger partial charge on any atom is -0.495 e. The second-order valence-electron chi connectivity index (χ2n) is 6.03. The Morgan fingerprint density at radius 3 is 2.57 bits per heavy atom. The van der Waals surface area contributed by atoms with Gasteiger partial charge in [0.15, 0.2) is 4.90 Å².